The van der Waals surface area contributed by atoms with Gasteiger partial charge in [0.25, 0.3) is 5.91 Å². The number of hydrogen-bond donors (Lipinski definition) is 1. The highest BCUT2D eigenvalue weighted by Gasteiger charge is 2.38. The summed E-state index contributed by atoms with van der Waals surface area (Å²) in [6.45, 7) is 0.0709. The van der Waals surface area contributed by atoms with Gasteiger partial charge in [0.2, 0.25) is 5.82 Å². The summed E-state index contributed by atoms with van der Waals surface area (Å²) < 4.78 is 69.0. The summed E-state index contributed by atoms with van der Waals surface area (Å²) in [6.07, 6.45) is -1.12. The van der Waals surface area contributed by atoms with Crippen LogP contribution in [0.15, 0.2) is 54.6 Å². The van der Waals surface area contributed by atoms with E-state index >= 15 is 0 Å². The second-order valence-electron chi connectivity index (χ2n) is 6.50. The number of rotatable bonds is 4. The fourth-order valence-electron chi connectivity index (χ4n) is 3.34. The maximum absolute atomic E-state index is 14.2. The lowest BCUT2D eigenvalue weighted by atomic mass is 10.1. The van der Waals surface area contributed by atoms with Gasteiger partial charge in [0.1, 0.15) is 11.9 Å². The number of carbonyl (C=O) groups is 1. The molecule has 0 saturated heterocycles. The maximum atomic E-state index is 14.2. The summed E-state index contributed by atoms with van der Waals surface area (Å²) in [5.41, 5.74) is 0.203. The Labute approximate surface area is 162 Å². The quantitative estimate of drug-likeness (QED) is 0.371. The Balaban J connectivity index is 1.79. The Morgan fingerprint density at radius 1 is 0.759 bits per heavy atom. The molecule has 8 heteroatoms. The molecule has 1 heterocycles. The van der Waals surface area contributed by atoms with Crippen LogP contribution in [0.5, 0.6) is 0 Å². The van der Waals surface area contributed by atoms with Crippen molar-refractivity contribution >= 4 is 11.6 Å². The average molecular weight is 404 g/mol. The van der Waals surface area contributed by atoms with Gasteiger partial charge in [0, 0.05) is 17.7 Å². The van der Waals surface area contributed by atoms with Gasteiger partial charge in [-0.2, -0.15) is 0 Å². The fraction of sp³-hybridized carbons (Fsp3) is 0.0952. The first-order valence-electron chi connectivity index (χ1n) is 8.62. The van der Waals surface area contributed by atoms with E-state index in [1.165, 1.54) is 11.0 Å². The smallest absolute Gasteiger partial charge is 0.256 e. The second kappa shape index (κ2) is 7.20. The van der Waals surface area contributed by atoms with Crippen molar-refractivity contribution < 1.29 is 26.7 Å². The number of benzene rings is 3. The first-order chi connectivity index (χ1) is 13.9. The second-order valence-corrected chi connectivity index (χ2v) is 6.50. The molecule has 0 fully saturated rings. The van der Waals surface area contributed by atoms with E-state index in [0.29, 0.717) is 5.56 Å². The van der Waals surface area contributed by atoms with E-state index in [9.17, 15) is 26.7 Å². The highest BCUT2D eigenvalue weighted by molar-refractivity contribution is 5.99. The van der Waals surface area contributed by atoms with Gasteiger partial charge in [0.05, 0.1) is 0 Å². The molecule has 4 rings (SSSR count). The topological polar surface area (TPSA) is 32.3 Å². The molecule has 0 saturated carbocycles. The van der Waals surface area contributed by atoms with Crippen LogP contribution in [0.2, 0.25) is 0 Å². The zero-order valence-corrected chi connectivity index (χ0v) is 14.7. The molecule has 0 aromatic heterocycles. The molecule has 3 aromatic carbocycles. The number of nitrogens with zero attached hydrogens (tertiary/aromatic N) is 1. The van der Waals surface area contributed by atoms with Crippen molar-refractivity contribution in [1.82, 2.24) is 4.90 Å². The lowest BCUT2D eigenvalue weighted by Gasteiger charge is -2.27. The molecule has 148 valence electrons. The molecule has 1 aliphatic heterocycles. The molecule has 29 heavy (non-hydrogen) atoms. The van der Waals surface area contributed by atoms with Gasteiger partial charge >= 0.3 is 0 Å². The third-order valence-electron chi connectivity index (χ3n) is 4.74. The minimum Gasteiger partial charge on any atom is -0.356 e. The van der Waals surface area contributed by atoms with E-state index in [-0.39, 0.29) is 12.1 Å². The van der Waals surface area contributed by atoms with Crippen LogP contribution in [-0.2, 0) is 6.54 Å². The van der Waals surface area contributed by atoms with E-state index < -0.39 is 46.8 Å². The van der Waals surface area contributed by atoms with Crippen LogP contribution >= 0.6 is 0 Å². The first kappa shape index (κ1) is 18.9. The van der Waals surface area contributed by atoms with Crippen molar-refractivity contribution in [3.63, 3.8) is 0 Å². The van der Waals surface area contributed by atoms with Crippen LogP contribution in [0.3, 0.4) is 0 Å². The number of halogens is 5. The standard InChI is InChI=1S/C21H13F5N2O/c22-14-15(23)17(25)19(18(26)16(14)24)27-20-12-8-4-5-9-13(12)21(29)28(20)10-11-6-2-1-3-7-11/h1-9,20,27H,10H2/t20-/m0/s1. The summed E-state index contributed by atoms with van der Waals surface area (Å²) >= 11 is 0. The number of anilines is 1. The van der Waals surface area contributed by atoms with Crippen LogP contribution in [0.25, 0.3) is 0 Å². The van der Waals surface area contributed by atoms with Gasteiger partial charge in [-0.1, -0.05) is 48.5 Å². The van der Waals surface area contributed by atoms with E-state index in [0.717, 1.165) is 5.56 Å². The number of carbonyl (C=O) groups excluding carboxylic acids is 1. The Morgan fingerprint density at radius 2 is 1.31 bits per heavy atom. The van der Waals surface area contributed by atoms with Crippen LogP contribution in [0, 0.1) is 29.1 Å². The monoisotopic (exact) mass is 404 g/mol. The van der Waals surface area contributed by atoms with Crippen molar-refractivity contribution in [2.75, 3.05) is 5.32 Å². The predicted molar refractivity (Wildman–Crippen MR) is 95.4 cm³/mol. The minimum atomic E-state index is -2.24. The van der Waals surface area contributed by atoms with Gasteiger partial charge < -0.3 is 10.2 Å². The Hall–Kier alpha value is -3.42. The molecule has 0 unspecified atom stereocenters. The Morgan fingerprint density at radius 3 is 1.97 bits per heavy atom. The molecule has 1 atom stereocenters. The van der Waals surface area contributed by atoms with E-state index in [2.05, 4.69) is 5.32 Å². The molecule has 3 nitrogen and oxygen atoms in total. The zero-order chi connectivity index (χ0) is 20.7. The number of fused-ring (bicyclic) bond motifs is 1. The van der Waals surface area contributed by atoms with Crippen molar-refractivity contribution in [3.8, 4) is 0 Å². The SMILES string of the molecule is O=C1c2ccccc2[C@@H](Nc2c(F)c(F)c(F)c(F)c2F)N1Cc1ccccc1. The molecular formula is C21H13F5N2O. The minimum absolute atomic E-state index is 0.0709. The van der Waals surface area contributed by atoms with Crippen molar-refractivity contribution in [2.45, 2.75) is 12.7 Å². The average Bonchev–Trinajstić information content (AvgIpc) is 3.00. The van der Waals surface area contributed by atoms with E-state index in [1.807, 2.05) is 0 Å². The maximum Gasteiger partial charge on any atom is 0.256 e. The molecule has 0 spiro atoms. The zero-order valence-electron chi connectivity index (χ0n) is 14.7. The summed E-state index contributed by atoms with van der Waals surface area (Å²) in [7, 11) is 0. The molecular weight excluding hydrogens is 391 g/mol. The first-order valence-corrected chi connectivity index (χ1v) is 8.62. The molecule has 0 aliphatic carbocycles. The molecule has 1 N–H and O–H groups in total. The van der Waals surface area contributed by atoms with Crippen LogP contribution in [0.1, 0.15) is 27.7 Å². The van der Waals surface area contributed by atoms with Crippen LogP contribution in [-0.4, -0.2) is 10.8 Å². The lowest BCUT2D eigenvalue weighted by Crippen LogP contribution is -2.32. The third kappa shape index (κ3) is 3.10. The van der Waals surface area contributed by atoms with Crippen molar-refractivity contribution in [1.29, 1.82) is 0 Å². The summed E-state index contributed by atoms with van der Waals surface area (Å²) in [4.78, 5) is 14.1. The van der Waals surface area contributed by atoms with Gasteiger partial charge in [-0.3, -0.25) is 4.79 Å². The van der Waals surface area contributed by atoms with Gasteiger partial charge in [-0.05, 0) is 11.6 Å². The summed E-state index contributed by atoms with van der Waals surface area (Å²) in [6, 6.07) is 15.2. The highest BCUT2D eigenvalue weighted by atomic mass is 19.2. The van der Waals surface area contributed by atoms with E-state index in [4.69, 9.17) is 0 Å². The van der Waals surface area contributed by atoms with Crippen LogP contribution < -0.4 is 5.32 Å². The predicted octanol–water partition coefficient (Wildman–Crippen LogP) is 5.15. The van der Waals surface area contributed by atoms with Crippen molar-refractivity contribution in [2.24, 2.45) is 0 Å². The fourth-order valence-corrected chi connectivity index (χ4v) is 3.34. The molecule has 3 aromatic rings. The van der Waals surface area contributed by atoms with Crippen molar-refractivity contribution in [3.05, 3.63) is 100 Å². The van der Waals surface area contributed by atoms with Gasteiger partial charge in [-0.15, -0.1) is 0 Å². The summed E-state index contributed by atoms with van der Waals surface area (Å²) in [5.74, 6) is -10.8. The third-order valence-corrected chi connectivity index (χ3v) is 4.74. The number of nitrogens with one attached hydrogen (secondary N) is 1. The lowest BCUT2D eigenvalue weighted by molar-refractivity contribution is 0.0728. The number of hydrogen-bond acceptors (Lipinski definition) is 2. The number of amides is 1. The largest absolute Gasteiger partial charge is 0.356 e. The highest BCUT2D eigenvalue weighted by Crippen LogP contribution is 2.37. The van der Waals surface area contributed by atoms with E-state index in [1.54, 1.807) is 48.5 Å². The van der Waals surface area contributed by atoms with Crippen LogP contribution in [0.4, 0.5) is 27.6 Å². The Bertz CT molecular complexity index is 1070. The molecule has 1 amide bonds. The van der Waals surface area contributed by atoms with Gasteiger partial charge in [-0.25, -0.2) is 22.0 Å². The molecule has 0 radical (unpaired) electrons. The molecule has 0 bridgehead atoms. The normalized spacial score (nSPS) is 15.6. The Kier molecular flexibility index (Phi) is 4.70. The molecule has 1 aliphatic rings. The van der Waals surface area contributed by atoms with Gasteiger partial charge in [0.15, 0.2) is 23.3 Å². The summed E-state index contributed by atoms with van der Waals surface area (Å²) in [5, 5.41) is 2.35.